The lowest BCUT2D eigenvalue weighted by molar-refractivity contribution is -0.133. The van der Waals surface area contributed by atoms with E-state index in [-0.39, 0.29) is 23.3 Å². The molecule has 1 aromatic carbocycles. The van der Waals surface area contributed by atoms with Crippen LogP contribution >= 0.6 is 0 Å². The Morgan fingerprint density at radius 1 is 1.15 bits per heavy atom. The SMILES string of the molecule is O=C(C1CC1)N1CCc2nc(C3CCCN(Cc4ccc5c(c4)CCCO5)C3)[nH]c(=O)c2C1. The summed E-state index contributed by atoms with van der Waals surface area (Å²) >= 11 is 0. The van der Waals surface area contributed by atoms with Crippen molar-refractivity contribution in [2.45, 2.75) is 64.0 Å². The summed E-state index contributed by atoms with van der Waals surface area (Å²) in [5.74, 6) is 2.50. The van der Waals surface area contributed by atoms with Gasteiger partial charge in [-0.05, 0) is 62.3 Å². The summed E-state index contributed by atoms with van der Waals surface area (Å²) in [4.78, 5) is 37.7. The van der Waals surface area contributed by atoms with Crippen LogP contribution in [0.4, 0.5) is 0 Å². The van der Waals surface area contributed by atoms with Gasteiger partial charge in [-0.1, -0.05) is 12.1 Å². The van der Waals surface area contributed by atoms with Crippen molar-refractivity contribution < 1.29 is 9.53 Å². The third-order valence-corrected chi connectivity index (χ3v) is 7.60. The Bertz CT molecular complexity index is 1120. The molecule has 2 aromatic rings. The van der Waals surface area contributed by atoms with E-state index in [4.69, 9.17) is 9.72 Å². The summed E-state index contributed by atoms with van der Waals surface area (Å²) in [6, 6.07) is 6.60. The first-order valence-electron chi connectivity index (χ1n) is 12.5. The number of hydrogen-bond acceptors (Lipinski definition) is 5. The lowest BCUT2D eigenvalue weighted by Gasteiger charge is -2.33. The number of aryl methyl sites for hydroxylation is 1. The number of ether oxygens (including phenoxy) is 1. The lowest BCUT2D eigenvalue weighted by Crippen LogP contribution is -2.41. The Hall–Kier alpha value is -2.67. The Morgan fingerprint density at radius 2 is 2.06 bits per heavy atom. The molecule has 1 aliphatic carbocycles. The van der Waals surface area contributed by atoms with Gasteiger partial charge in [0.15, 0.2) is 0 Å². The highest BCUT2D eigenvalue weighted by Gasteiger charge is 2.36. The molecule has 0 radical (unpaired) electrons. The minimum atomic E-state index is -0.0601. The third kappa shape index (κ3) is 4.31. The number of benzene rings is 1. The van der Waals surface area contributed by atoms with E-state index in [2.05, 4.69) is 28.1 Å². The number of aromatic nitrogens is 2. The van der Waals surface area contributed by atoms with E-state index >= 15 is 0 Å². The number of amides is 1. The minimum Gasteiger partial charge on any atom is -0.493 e. The van der Waals surface area contributed by atoms with Crippen molar-refractivity contribution in [3.05, 3.63) is 56.8 Å². The predicted octanol–water partition coefficient (Wildman–Crippen LogP) is 2.77. The van der Waals surface area contributed by atoms with E-state index in [1.807, 2.05) is 4.90 Å². The molecule has 1 saturated carbocycles. The molecule has 0 spiro atoms. The highest BCUT2D eigenvalue weighted by atomic mass is 16.5. The van der Waals surface area contributed by atoms with Crippen LogP contribution in [0.3, 0.4) is 0 Å². The summed E-state index contributed by atoms with van der Waals surface area (Å²) in [7, 11) is 0. The molecule has 3 aliphatic heterocycles. The monoisotopic (exact) mass is 448 g/mol. The van der Waals surface area contributed by atoms with E-state index < -0.39 is 0 Å². The Kier molecular flexibility index (Phi) is 5.45. The van der Waals surface area contributed by atoms with Gasteiger partial charge in [-0.25, -0.2) is 4.98 Å². The van der Waals surface area contributed by atoms with Crippen LogP contribution in [0.1, 0.15) is 66.2 Å². The average molecular weight is 449 g/mol. The van der Waals surface area contributed by atoms with Crippen LogP contribution in [0.15, 0.2) is 23.0 Å². The fourth-order valence-electron chi connectivity index (χ4n) is 5.61. The van der Waals surface area contributed by atoms with Gasteiger partial charge in [0.2, 0.25) is 5.91 Å². The quantitative estimate of drug-likeness (QED) is 0.778. The van der Waals surface area contributed by atoms with E-state index in [1.165, 1.54) is 11.1 Å². The second-order valence-electron chi connectivity index (χ2n) is 10.1. The fraction of sp³-hybridized carbons (Fsp3) is 0.577. The molecule has 1 saturated heterocycles. The number of piperidine rings is 1. The van der Waals surface area contributed by atoms with Crippen LogP contribution in [0.2, 0.25) is 0 Å². The number of carbonyl (C=O) groups is 1. The lowest BCUT2D eigenvalue weighted by atomic mass is 9.95. The average Bonchev–Trinajstić information content (AvgIpc) is 3.69. The highest BCUT2D eigenvalue weighted by molar-refractivity contribution is 5.81. The zero-order valence-corrected chi connectivity index (χ0v) is 19.1. The summed E-state index contributed by atoms with van der Waals surface area (Å²) in [5.41, 5.74) is 4.16. The van der Waals surface area contributed by atoms with E-state index in [9.17, 15) is 9.59 Å². The number of likely N-dealkylation sites (tertiary alicyclic amines) is 1. The summed E-state index contributed by atoms with van der Waals surface area (Å²) < 4.78 is 5.76. The van der Waals surface area contributed by atoms with Crippen LogP contribution in [0, 0.1) is 5.92 Å². The number of H-pyrrole nitrogens is 1. The summed E-state index contributed by atoms with van der Waals surface area (Å²) in [5, 5.41) is 0. The first kappa shape index (κ1) is 20.9. The van der Waals surface area contributed by atoms with Crippen LogP contribution < -0.4 is 10.3 Å². The zero-order valence-electron chi connectivity index (χ0n) is 19.1. The second-order valence-corrected chi connectivity index (χ2v) is 10.1. The molecule has 1 aromatic heterocycles. The van der Waals surface area contributed by atoms with Gasteiger partial charge in [0.05, 0.1) is 24.4 Å². The Morgan fingerprint density at radius 3 is 2.94 bits per heavy atom. The number of fused-ring (bicyclic) bond motifs is 2. The molecule has 0 bridgehead atoms. The standard InChI is InChI=1S/C26H32N4O3/c31-25-21-16-30(26(32)18-6-7-18)11-9-22(21)27-24(28-25)20-3-1-10-29(15-20)14-17-5-8-23-19(13-17)4-2-12-33-23/h5,8,13,18,20H,1-4,6-7,9-12,14-16H2,(H,27,28,31). The van der Waals surface area contributed by atoms with Crippen molar-refractivity contribution >= 4 is 5.91 Å². The minimum absolute atomic E-state index is 0.0601. The molecule has 1 N–H and O–H groups in total. The molecule has 1 amide bonds. The number of nitrogens with zero attached hydrogens (tertiary/aromatic N) is 3. The zero-order chi connectivity index (χ0) is 22.4. The van der Waals surface area contributed by atoms with Crippen molar-refractivity contribution in [1.29, 1.82) is 0 Å². The van der Waals surface area contributed by atoms with Crippen LogP contribution in [0.5, 0.6) is 5.75 Å². The van der Waals surface area contributed by atoms with Crippen molar-refractivity contribution in [2.24, 2.45) is 5.92 Å². The molecule has 4 heterocycles. The maximum absolute atomic E-state index is 12.9. The van der Waals surface area contributed by atoms with Gasteiger partial charge < -0.3 is 14.6 Å². The fourth-order valence-corrected chi connectivity index (χ4v) is 5.61. The summed E-state index contributed by atoms with van der Waals surface area (Å²) in [6.07, 6.45) is 6.99. The predicted molar refractivity (Wildman–Crippen MR) is 124 cm³/mol. The van der Waals surface area contributed by atoms with E-state index in [0.717, 1.165) is 82.0 Å². The van der Waals surface area contributed by atoms with Crippen molar-refractivity contribution in [1.82, 2.24) is 19.8 Å². The largest absolute Gasteiger partial charge is 0.493 e. The first-order valence-corrected chi connectivity index (χ1v) is 12.5. The van der Waals surface area contributed by atoms with Crippen molar-refractivity contribution in [3.8, 4) is 5.75 Å². The molecule has 7 heteroatoms. The van der Waals surface area contributed by atoms with Crippen LogP contribution in [-0.2, 0) is 30.7 Å². The topological polar surface area (TPSA) is 78.5 Å². The number of carbonyl (C=O) groups excluding carboxylic acids is 1. The van der Waals surface area contributed by atoms with E-state index in [1.54, 1.807) is 0 Å². The van der Waals surface area contributed by atoms with Gasteiger partial charge in [0, 0.05) is 37.9 Å². The van der Waals surface area contributed by atoms with Gasteiger partial charge in [0.1, 0.15) is 11.6 Å². The van der Waals surface area contributed by atoms with Gasteiger partial charge in [-0.15, -0.1) is 0 Å². The molecule has 174 valence electrons. The van der Waals surface area contributed by atoms with Crippen molar-refractivity contribution in [3.63, 3.8) is 0 Å². The first-order chi connectivity index (χ1) is 16.1. The molecule has 6 rings (SSSR count). The number of rotatable bonds is 4. The maximum atomic E-state index is 12.9. The molecular formula is C26H32N4O3. The third-order valence-electron chi connectivity index (χ3n) is 7.60. The number of hydrogen-bond donors (Lipinski definition) is 1. The molecule has 7 nitrogen and oxygen atoms in total. The van der Waals surface area contributed by atoms with Crippen LogP contribution in [-0.4, -0.2) is 51.9 Å². The van der Waals surface area contributed by atoms with Gasteiger partial charge in [-0.2, -0.15) is 0 Å². The Labute approximate surface area is 194 Å². The second kappa shape index (κ2) is 8.60. The normalized spacial score (nSPS) is 22.9. The smallest absolute Gasteiger partial charge is 0.256 e. The van der Waals surface area contributed by atoms with Gasteiger partial charge >= 0.3 is 0 Å². The summed E-state index contributed by atoms with van der Waals surface area (Å²) in [6.45, 7) is 4.79. The van der Waals surface area contributed by atoms with Gasteiger partial charge in [-0.3, -0.25) is 14.5 Å². The molecule has 1 atom stereocenters. The number of nitrogens with one attached hydrogen (secondary N) is 1. The Balaban J connectivity index is 1.15. The molecule has 4 aliphatic rings. The molecule has 2 fully saturated rings. The highest BCUT2D eigenvalue weighted by Crippen LogP contribution is 2.33. The molecule has 1 unspecified atom stereocenters. The van der Waals surface area contributed by atoms with Gasteiger partial charge in [0.25, 0.3) is 5.56 Å². The van der Waals surface area contributed by atoms with Crippen LogP contribution in [0.25, 0.3) is 0 Å². The van der Waals surface area contributed by atoms with Crippen molar-refractivity contribution in [2.75, 3.05) is 26.2 Å². The number of aromatic amines is 1. The maximum Gasteiger partial charge on any atom is 0.256 e. The molecular weight excluding hydrogens is 416 g/mol. The molecule has 33 heavy (non-hydrogen) atoms. The van der Waals surface area contributed by atoms with E-state index in [0.29, 0.717) is 25.1 Å².